The van der Waals surface area contributed by atoms with Crippen molar-refractivity contribution < 1.29 is 13.2 Å². The van der Waals surface area contributed by atoms with E-state index in [-0.39, 0.29) is 5.78 Å². The molecule has 0 heterocycles. The number of benzene rings is 2. The van der Waals surface area contributed by atoms with Gasteiger partial charge in [0.15, 0.2) is 5.78 Å². The summed E-state index contributed by atoms with van der Waals surface area (Å²) in [5.41, 5.74) is 2.51. The highest BCUT2D eigenvalue weighted by Gasteiger charge is 2.13. The predicted octanol–water partition coefficient (Wildman–Crippen LogP) is 3.36. The second-order valence-corrected chi connectivity index (χ2v) is 7.37. The predicted molar refractivity (Wildman–Crippen MR) is 87.2 cm³/mol. The number of ketones is 1. The molecule has 4 nitrogen and oxygen atoms in total. The molecule has 0 saturated heterocycles. The summed E-state index contributed by atoms with van der Waals surface area (Å²) >= 11 is 3.37. The summed E-state index contributed by atoms with van der Waals surface area (Å²) in [7, 11) is -3.32. The Kier molecular flexibility index (Phi) is 4.49. The van der Waals surface area contributed by atoms with Gasteiger partial charge in [0.05, 0.1) is 6.26 Å². The van der Waals surface area contributed by atoms with Crippen LogP contribution in [0.5, 0.6) is 0 Å². The minimum absolute atomic E-state index is 0.114. The normalized spacial score (nSPS) is 11.2. The van der Waals surface area contributed by atoms with E-state index in [9.17, 15) is 13.2 Å². The molecule has 6 heteroatoms. The fourth-order valence-corrected chi connectivity index (χ4v) is 2.86. The Hall–Kier alpha value is -1.66. The van der Waals surface area contributed by atoms with Crippen LogP contribution >= 0.6 is 15.9 Å². The number of hydrogen-bond donors (Lipinski definition) is 1. The first-order chi connectivity index (χ1) is 9.76. The summed E-state index contributed by atoms with van der Waals surface area (Å²) in [5, 5.41) is 0. The van der Waals surface area contributed by atoms with Crippen molar-refractivity contribution in [2.75, 3.05) is 11.0 Å². The largest absolute Gasteiger partial charge is 0.289 e. The molecular weight excluding hydrogens is 354 g/mol. The zero-order valence-corrected chi connectivity index (χ0v) is 14.0. The minimum Gasteiger partial charge on any atom is -0.289 e. The van der Waals surface area contributed by atoms with Crippen molar-refractivity contribution in [3.05, 3.63) is 63.6 Å². The molecule has 2 aromatic carbocycles. The molecule has 21 heavy (non-hydrogen) atoms. The van der Waals surface area contributed by atoms with Gasteiger partial charge >= 0.3 is 0 Å². The summed E-state index contributed by atoms with van der Waals surface area (Å²) in [6.45, 7) is 1.92. The first kappa shape index (κ1) is 15.7. The highest BCUT2D eigenvalue weighted by molar-refractivity contribution is 9.10. The molecule has 0 aliphatic heterocycles. The van der Waals surface area contributed by atoms with Gasteiger partial charge in [0.1, 0.15) is 0 Å². The van der Waals surface area contributed by atoms with Crippen molar-refractivity contribution in [3.8, 4) is 0 Å². The molecule has 0 aromatic heterocycles. The average Bonchev–Trinajstić information content (AvgIpc) is 2.40. The summed E-state index contributed by atoms with van der Waals surface area (Å²) in [6.07, 6.45) is 1.08. The van der Waals surface area contributed by atoms with Gasteiger partial charge in [0, 0.05) is 21.3 Å². The van der Waals surface area contributed by atoms with Crippen LogP contribution in [0.2, 0.25) is 0 Å². The third kappa shape index (κ3) is 4.15. The second-order valence-electron chi connectivity index (χ2n) is 4.76. The Morgan fingerprint density at radius 1 is 1.10 bits per heavy atom. The van der Waals surface area contributed by atoms with Gasteiger partial charge in [0.25, 0.3) is 0 Å². The SMILES string of the molecule is Cc1ccc(Br)c(C(=O)c2ccc(NS(C)(=O)=O)cc2)c1. The molecule has 2 rings (SSSR count). The summed E-state index contributed by atoms with van der Waals surface area (Å²) in [6, 6.07) is 11.9. The van der Waals surface area contributed by atoms with Crippen LogP contribution in [-0.2, 0) is 10.0 Å². The first-order valence-electron chi connectivity index (χ1n) is 6.15. The van der Waals surface area contributed by atoms with E-state index in [0.29, 0.717) is 16.8 Å². The molecule has 0 unspecified atom stereocenters. The van der Waals surface area contributed by atoms with E-state index in [1.165, 1.54) is 0 Å². The quantitative estimate of drug-likeness (QED) is 0.842. The van der Waals surface area contributed by atoms with Crippen LogP contribution in [0.1, 0.15) is 21.5 Å². The van der Waals surface area contributed by atoms with E-state index in [4.69, 9.17) is 0 Å². The third-order valence-electron chi connectivity index (χ3n) is 2.82. The number of carbonyl (C=O) groups is 1. The summed E-state index contributed by atoms with van der Waals surface area (Å²) in [4.78, 5) is 12.4. The molecule has 0 radical (unpaired) electrons. The lowest BCUT2D eigenvalue weighted by atomic mass is 10.0. The molecule has 2 aromatic rings. The molecule has 0 fully saturated rings. The fourth-order valence-electron chi connectivity index (χ4n) is 1.87. The van der Waals surface area contributed by atoms with Crippen LogP contribution in [0, 0.1) is 6.92 Å². The lowest BCUT2D eigenvalue weighted by molar-refractivity contribution is 0.103. The van der Waals surface area contributed by atoms with Crippen LogP contribution in [0.15, 0.2) is 46.9 Å². The number of rotatable bonds is 4. The Bertz CT molecular complexity index is 783. The van der Waals surface area contributed by atoms with Gasteiger partial charge < -0.3 is 0 Å². The topological polar surface area (TPSA) is 63.2 Å². The van der Waals surface area contributed by atoms with E-state index in [0.717, 1.165) is 16.3 Å². The Balaban J connectivity index is 2.30. The van der Waals surface area contributed by atoms with Gasteiger partial charge in [-0.3, -0.25) is 9.52 Å². The number of anilines is 1. The first-order valence-corrected chi connectivity index (χ1v) is 8.83. The fraction of sp³-hybridized carbons (Fsp3) is 0.133. The number of halogens is 1. The Morgan fingerprint density at radius 2 is 1.71 bits per heavy atom. The van der Waals surface area contributed by atoms with Crippen molar-refractivity contribution >= 4 is 37.4 Å². The molecule has 0 spiro atoms. The molecule has 1 N–H and O–H groups in total. The van der Waals surface area contributed by atoms with Crippen LogP contribution < -0.4 is 4.72 Å². The molecule has 0 atom stereocenters. The van der Waals surface area contributed by atoms with E-state index in [2.05, 4.69) is 20.7 Å². The number of aryl methyl sites for hydroxylation is 1. The molecule has 0 amide bonds. The number of hydrogen-bond acceptors (Lipinski definition) is 3. The van der Waals surface area contributed by atoms with Crippen LogP contribution in [0.4, 0.5) is 5.69 Å². The molecular formula is C15H14BrNO3S. The van der Waals surface area contributed by atoms with Crippen molar-refractivity contribution in [2.24, 2.45) is 0 Å². The average molecular weight is 368 g/mol. The smallest absolute Gasteiger partial charge is 0.229 e. The van der Waals surface area contributed by atoms with E-state index >= 15 is 0 Å². The van der Waals surface area contributed by atoms with E-state index in [1.807, 2.05) is 25.1 Å². The van der Waals surface area contributed by atoms with E-state index in [1.54, 1.807) is 24.3 Å². The lowest BCUT2D eigenvalue weighted by Crippen LogP contribution is -2.10. The van der Waals surface area contributed by atoms with Crippen molar-refractivity contribution in [2.45, 2.75) is 6.92 Å². The number of nitrogens with one attached hydrogen (secondary N) is 1. The lowest BCUT2D eigenvalue weighted by Gasteiger charge is -2.07. The summed E-state index contributed by atoms with van der Waals surface area (Å²) < 4.78 is 25.4. The Labute approximate surface area is 132 Å². The van der Waals surface area contributed by atoms with Crippen LogP contribution in [-0.4, -0.2) is 20.5 Å². The highest BCUT2D eigenvalue weighted by Crippen LogP contribution is 2.22. The van der Waals surface area contributed by atoms with Gasteiger partial charge in [-0.1, -0.05) is 27.6 Å². The Morgan fingerprint density at radius 3 is 2.29 bits per heavy atom. The van der Waals surface area contributed by atoms with Gasteiger partial charge in [-0.05, 0) is 43.3 Å². The highest BCUT2D eigenvalue weighted by atomic mass is 79.9. The zero-order valence-electron chi connectivity index (χ0n) is 11.6. The van der Waals surface area contributed by atoms with Crippen LogP contribution in [0.3, 0.4) is 0 Å². The minimum atomic E-state index is -3.32. The van der Waals surface area contributed by atoms with Gasteiger partial charge in [0.2, 0.25) is 10.0 Å². The maximum Gasteiger partial charge on any atom is 0.229 e. The number of carbonyl (C=O) groups excluding carboxylic acids is 1. The second kappa shape index (κ2) is 5.99. The maximum absolute atomic E-state index is 12.4. The standard InChI is InChI=1S/C15H14BrNO3S/c1-10-3-8-14(16)13(9-10)15(18)11-4-6-12(7-5-11)17-21(2,19)20/h3-9,17H,1-2H3. The zero-order chi connectivity index (χ0) is 15.6. The molecule has 110 valence electrons. The monoisotopic (exact) mass is 367 g/mol. The van der Waals surface area contributed by atoms with Crippen molar-refractivity contribution in [1.82, 2.24) is 0 Å². The van der Waals surface area contributed by atoms with Crippen molar-refractivity contribution in [1.29, 1.82) is 0 Å². The van der Waals surface area contributed by atoms with Crippen LogP contribution in [0.25, 0.3) is 0 Å². The van der Waals surface area contributed by atoms with Gasteiger partial charge in [-0.25, -0.2) is 8.42 Å². The van der Waals surface area contributed by atoms with Gasteiger partial charge in [-0.15, -0.1) is 0 Å². The molecule has 0 aliphatic rings. The third-order valence-corrected chi connectivity index (χ3v) is 4.11. The molecule has 0 bridgehead atoms. The van der Waals surface area contributed by atoms with Gasteiger partial charge in [-0.2, -0.15) is 0 Å². The maximum atomic E-state index is 12.4. The van der Waals surface area contributed by atoms with Crippen molar-refractivity contribution in [3.63, 3.8) is 0 Å². The van der Waals surface area contributed by atoms with E-state index < -0.39 is 10.0 Å². The number of sulfonamides is 1. The molecule has 0 saturated carbocycles. The summed E-state index contributed by atoms with van der Waals surface area (Å²) in [5.74, 6) is -0.114. The molecule has 0 aliphatic carbocycles.